The van der Waals surface area contributed by atoms with E-state index in [2.05, 4.69) is 15.3 Å². The second kappa shape index (κ2) is 8.29. The maximum atomic E-state index is 13.3. The molecule has 2 amide bonds. The molecule has 0 aliphatic heterocycles. The second-order valence-electron chi connectivity index (χ2n) is 7.71. The monoisotopic (exact) mass is 437 g/mol. The molecule has 1 aromatic carbocycles. The zero-order valence-electron chi connectivity index (χ0n) is 17.7. The van der Waals surface area contributed by atoms with Crippen LogP contribution in [0.25, 0.3) is 11.0 Å². The molecular formula is C22H23N5O5. The lowest BCUT2D eigenvalue weighted by Gasteiger charge is -2.14. The number of anilines is 1. The Balaban J connectivity index is 1.89. The van der Waals surface area contributed by atoms with Crippen molar-refractivity contribution in [1.82, 2.24) is 14.5 Å². The molecule has 1 saturated carbocycles. The first kappa shape index (κ1) is 21.3. The number of hydrogen-bond donors (Lipinski definition) is 3. The largest absolute Gasteiger partial charge is 0.495 e. The van der Waals surface area contributed by atoms with Crippen LogP contribution >= 0.6 is 0 Å². The van der Waals surface area contributed by atoms with Gasteiger partial charge in [-0.2, -0.15) is 0 Å². The first-order valence-corrected chi connectivity index (χ1v) is 10.3. The minimum Gasteiger partial charge on any atom is -0.495 e. The third-order valence-electron chi connectivity index (χ3n) is 5.39. The number of benzene rings is 1. The lowest BCUT2D eigenvalue weighted by atomic mass is 10.1. The number of nitrogens with zero attached hydrogens (tertiary/aromatic N) is 2. The SMILES string of the molecule is CCCn1c(=O)[nH]c(=O)c2c(C(=O)Nc3cc(C(N)=O)ccc3OC)cc(C3CC3)nc21. The van der Waals surface area contributed by atoms with E-state index in [0.717, 1.165) is 12.8 Å². The molecule has 1 aliphatic rings. The van der Waals surface area contributed by atoms with Crippen LogP contribution in [0.2, 0.25) is 0 Å². The average molecular weight is 437 g/mol. The molecule has 1 aliphatic carbocycles. The fraction of sp³-hybridized carbons (Fsp3) is 0.318. The number of hydrogen-bond acceptors (Lipinski definition) is 6. The summed E-state index contributed by atoms with van der Waals surface area (Å²) in [4.78, 5) is 56.9. The molecule has 0 spiro atoms. The maximum absolute atomic E-state index is 13.3. The Bertz CT molecular complexity index is 1350. The van der Waals surface area contributed by atoms with Crippen molar-refractivity contribution in [2.75, 3.05) is 12.4 Å². The number of amides is 2. The number of aryl methyl sites for hydroxylation is 1. The van der Waals surface area contributed by atoms with Gasteiger partial charge < -0.3 is 15.8 Å². The van der Waals surface area contributed by atoms with Crippen LogP contribution in [0, 0.1) is 0 Å². The summed E-state index contributed by atoms with van der Waals surface area (Å²) in [5, 5.41) is 2.74. The van der Waals surface area contributed by atoms with E-state index >= 15 is 0 Å². The number of nitrogens with two attached hydrogens (primary N) is 1. The van der Waals surface area contributed by atoms with Crippen molar-refractivity contribution >= 4 is 28.5 Å². The van der Waals surface area contributed by atoms with Crippen LogP contribution < -0.4 is 27.0 Å². The lowest BCUT2D eigenvalue weighted by Crippen LogP contribution is -2.32. The number of pyridine rings is 1. The van der Waals surface area contributed by atoms with Crippen molar-refractivity contribution in [3.05, 3.63) is 61.9 Å². The lowest BCUT2D eigenvalue weighted by molar-refractivity contribution is 0.0996. The molecular weight excluding hydrogens is 414 g/mol. The van der Waals surface area contributed by atoms with Crippen LogP contribution in [0.3, 0.4) is 0 Å². The van der Waals surface area contributed by atoms with Crippen LogP contribution in [-0.2, 0) is 6.54 Å². The summed E-state index contributed by atoms with van der Waals surface area (Å²) >= 11 is 0. The smallest absolute Gasteiger partial charge is 0.329 e. The number of carbonyl (C=O) groups is 2. The van der Waals surface area contributed by atoms with Gasteiger partial charge in [0.15, 0.2) is 5.65 Å². The quantitative estimate of drug-likeness (QED) is 0.512. The normalized spacial score (nSPS) is 13.2. The minimum absolute atomic E-state index is 0.0324. The number of nitrogens with one attached hydrogen (secondary N) is 2. The summed E-state index contributed by atoms with van der Waals surface area (Å²) in [6, 6.07) is 6.00. The van der Waals surface area contributed by atoms with E-state index in [4.69, 9.17) is 10.5 Å². The Morgan fingerprint density at radius 1 is 1.28 bits per heavy atom. The molecule has 0 unspecified atom stereocenters. The van der Waals surface area contributed by atoms with Crippen molar-refractivity contribution < 1.29 is 14.3 Å². The van der Waals surface area contributed by atoms with Crippen molar-refractivity contribution in [2.24, 2.45) is 5.73 Å². The fourth-order valence-corrected chi connectivity index (χ4v) is 3.64. The van der Waals surface area contributed by atoms with E-state index in [1.165, 1.54) is 29.9 Å². The summed E-state index contributed by atoms with van der Waals surface area (Å²) < 4.78 is 6.66. The molecule has 1 fully saturated rings. The number of carbonyl (C=O) groups excluding carboxylic acids is 2. The number of fused-ring (bicyclic) bond motifs is 1. The summed E-state index contributed by atoms with van der Waals surface area (Å²) in [5.41, 5.74) is 5.46. The van der Waals surface area contributed by atoms with Gasteiger partial charge in [0.1, 0.15) is 5.75 Å². The number of ether oxygens (including phenoxy) is 1. The summed E-state index contributed by atoms with van der Waals surface area (Å²) in [7, 11) is 1.43. The Morgan fingerprint density at radius 2 is 2.03 bits per heavy atom. The fourth-order valence-electron chi connectivity index (χ4n) is 3.64. The highest BCUT2D eigenvalue weighted by atomic mass is 16.5. The van der Waals surface area contributed by atoms with Crippen LogP contribution in [-0.4, -0.2) is 33.5 Å². The number of H-pyrrole nitrogens is 1. The Hall–Kier alpha value is -3.95. The van der Waals surface area contributed by atoms with Gasteiger partial charge >= 0.3 is 5.69 Å². The molecule has 4 N–H and O–H groups in total. The van der Waals surface area contributed by atoms with Crippen molar-refractivity contribution in [2.45, 2.75) is 38.6 Å². The highest BCUT2D eigenvalue weighted by Crippen LogP contribution is 2.40. The Morgan fingerprint density at radius 3 is 2.66 bits per heavy atom. The van der Waals surface area contributed by atoms with Crippen LogP contribution in [0.5, 0.6) is 5.75 Å². The molecule has 0 atom stereocenters. The predicted octanol–water partition coefficient (Wildman–Crippen LogP) is 1.73. The molecule has 3 aromatic rings. The molecule has 10 nitrogen and oxygen atoms in total. The second-order valence-corrected chi connectivity index (χ2v) is 7.71. The number of aromatic amines is 1. The van der Waals surface area contributed by atoms with E-state index in [1.54, 1.807) is 6.07 Å². The van der Waals surface area contributed by atoms with Gasteiger partial charge in [-0.25, -0.2) is 9.78 Å². The molecule has 10 heteroatoms. The average Bonchev–Trinajstić information content (AvgIpc) is 3.61. The first-order valence-electron chi connectivity index (χ1n) is 10.3. The number of methoxy groups -OCH3 is 1. The molecule has 0 saturated heterocycles. The zero-order valence-corrected chi connectivity index (χ0v) is 17.7. The summed E-state index contributed by atoms with van der Waals surface area (Å²) in [5.74, 6) is -0.746. The van der Waals surface area contributed by atoms with Gasteiger partial charge in [0.05, 0.1) is 23.7 Å². The third-order valence-corrected chi connectivity index (χ3v) is 5.39. The van der Waals surface area contributed by atoms with Gasteiger partial charge in [-0.05, 0) is 43.5 Å². The molecule has 166 valence electrons. The highest BCUT2D eigenvalue weighted by molar-refractivity contribution is 6.12. The topological polar surface area (TPSA) is 149 Å². The minimum atomic E-state index is -0.685. The van der Waals surface area contributed by atoms with E-state index in [1.807, 2.05) is 6.92 Å². The molecule has 2 aromatic heterocycles. The Kier molecular flexibility index (Phi) is 5.52. The van der Waals surface area contributed by atoms with Gasteiger partial charge in [-0.3, -0.25) is 23.9 Å². The standard InChI is InChI=1S/C22H23N5O5/c1-3-8-27-19-17(21(30)26-22(27)31)13(10-14(24-19)11-4-5-11)20(29)25-15-9-12(18(23)28)6-7-16(15)32-2/h6-7,9-11H,3-5,8H2,1-2H3,(H2,23,28)(H,25,29)(H,26,30,31). The highest BCUT2D eigenvalue weighted by Gasteiger charge is 2.29. The van der Waals surface area contributed by atoms with Gasteiger partial charge in [0, 0.05) is 23.7 Å². The third kappa shape index (κ3) is 3.86. The van der Waals surface area contributed by atoms with Crippen LogP contribution in [0.1, 0.15) is 58.5 Å². The van der Waals surface area contributed by atoms with Crippen molar-refractivity contribution in [3.63, 3.8) is 0 Å². The van der Waals surface area contributed by atoms with E-state index in [-0.39, 0.29) is 33.8 Å². The zero-order chi connectivity index (χ0) is 23.0. The van der Waals surface area contributed by atoms with Crippen LogP contribution in [0.4, 0.5) is 5.69 Å². The molecule has 32 heavy (non-hydrogen) atoms. The maximum Gasteiger partial charge on any atom is 0.329 e. The molecule has 4 rings (SSSR count). The van der Waals surface area contributed by atoms with Gasteiger partial charge in [0.25, 0.3) is 11.5 Å². The van der Waals surface area contributed by atoms with Gasteiger partial charge in [0.2, 0.25) is 5.91 Å². The van der Waals surface area contributed by atoms with E-state index in [9.17, 15) is 19.2 Å². The molecule has 2 heterocycles. The molecule has 0 bridgehead atoms. The molecule has 0 radical (unpaired) electrons. The Labute approximate surface area is 182 Å². The number of primary amides is 1. The summed E-state index contributed by atoms with van der Waals surface area (Å²) in [6.07, 6.45) is 2.50. The van der Waals surface area contributed by atoms with Gasteiger partial charge in [-0.15, -0.1) is 0 Å². The van der Waals surface area contributed by atoms with Crippen LogP contribution in [0.15, 0.2) is 33.9 Å². The number of aromatic nitrogens is 3. The van der Waals surface area contributed by atoms with E-state index < -0.39 is 23.1 Å². The van der Waals surface area contributed by atoms with Gasteiger partial charge in [-0.1, -0.05) is 6.92 Å². The first-order chi connectivity index (χ1) is 15.3. The predicted molar refractivity (Wildman–Crippen MR) is 118 cm³/mol. The van der Waals surface area contributed by atoms with Crippen molar-refractivity contribution in [1.29, 1.82) is 0 Å². The van der Waals surface area contributed by atoms with E-state index in [0.29, 0.717) is 24.4 Å². The number of rotatable bonds is 7. The summed E-state index contributed by atoms with van der Waals surface area (Å²) in [6.45, 7) is 2.25. The van der Waals surface area contributed by atoms with Crippen molar-refractivity contribution in [3.8, 4) is 5.75 Å².